The molecule has 1 heterocycles. The summed E-state index contributed by atoms with van der Waals surface area (Å²) in [6, 6.07) is 1.79. The highest BCUT2D eigenvalue weighted by molar-refractivity contribution is 9.10. The van der Waals surface area contributed by atoms with Gasteiger partial charge >= 0.3 is 0 Å². The molecule has 0 spiro atoms. The monoisotopic (exact) mass is 268 g/mol. The van der Waals surface area contributed by atoms with Crippen LogP contribution in [0.5, 0.6) is 0 Å². The van der Waals surface area contributed by atoms with Crippen molar-refractivity contribution in [2.45, 2.75) is 12.8 Å². The summed E-state index contributed by atoms with van der Waals surface area (Å²) in [4.78, 5) is 11.6. The van der Waals surface area contributed by atoms with Crippen molar-refractivity contribution in [3.63, 3.8) is 0 Å². The Kier molecular flexibility index (Phi) is 4.44. The second-order valence-electron chi connectivity index (χ2n) is 3.22. The van der Waals surface area contributed by atoms with E-state index in [1.165, 1.54) is 0 Å². The van der Waals surface area contributed by atoms with Crippen molar-refractivity contribution in [3.05, 3.63) is 22.4 Å². The molecule has 80 valence electrons. The van der Waals surface area contributed by atoms with Crippen LogP contribution in [0.2, 0.25) is 0 Å². The molecule has 0 fully saturated rings. The zero-order valence-corrected chi connectivity index (χ0v) is 10.2. The lowest BCUT2D eigenvalue weighted by Crippen LogP contribution is -2.26. The van der Waals surface area contributed by atoms with Gasteiger partial charge in [0, 0.05) is 30.7 Å². The third-order valence-corrected chi connectivity index (χ3v) is 2.42. The minimum absolute atomic E-state index is 0.0692. The van der Waals surface area contributed by atoms with Gasteiger partial charge in [-0.1, -0.05) is 0 Å². The van der Waals surface area contributed by atoms with Crippen LogP contribution in [0, 0.1) is 12.3 Å². The SMILES string of the molecule is C#CCCCNC(=O)c1cc(Br)cn1C. The number of nitrogens with zero attached hydrogens (tertiary/aromatic N) is 1. The Morgan fingerprint density at radius 1 is 1.73 bits per heavy atom. The number of aryl methyl sites for hydroxylation is 1. The Morgan fingerprint density at radius 2 is 2.47 bits per heavy atom. The molecule has 1 rings (SSSR count). The maximum absolute atomic E-state index is 11.6. The second-order valence-corrected chi connectivity index (χ2v) is 4.13. The lowest BCUT2D eigenvalue weighted by molar-refractivity contribution is 0.0945. The van der Waals surface area contributed by atoms with Gasteiger partial charge in [-0.2, -0.15) is 0 Å². The van der Waals surface area contributed by atoms with Gasteiger partial charge in [0.1, 0.15) is 5.69 Å². The summed E-state index contributed by atoms with van der Waals surface area (Å²) in [6.45, 7) is 0.617. The van der Waals surface area contributed by atoms with Gasteiger partial charge in [-0.15, -0.1) is 12.3 Å². The molecule has 0 radical (unpaired) electrons. The van der Waals surface area contributed by atoms with Crippen molar-refractivity contribution in [2.24, 2.45) is 7.05 Å². The van der Waals surface area contributed by atoms with Gasteiger partial charge in [0.25, 0.3) is 5.91 Å². The Balaban J connectivity index is 2.48. The minimum atomic E-state index is -0.0692. The Bertz CT molecular complexity index is 390. The van der Waals surface area contributed by atoms with Crippen LogP contribution < -0.4 is 5.32 Å². The molecule has 0 bridgehead atoms. The van der Waals surface area contributed by atoms with E-state index in [0.29, 0.717) is 18.7 Å². The van der Waals surface area contributed by atoms with Crippen molar-refractivity contribution in [1.29, 1.82) is 0 Å². The summed E-state index contributed by atoms with van der Waals surface area (Å²) < 4.78 is 2.68. The number of carbonyl (C=O) groups is 1. The van der Waals surface area contributed by atoms with E-state index in [0.717, 1.165) is 10.9 Å². The van der Waals surface area contributed by atoms with Crippen LogP contribution in [-0.2, 0) is 7.05 Å². The second kappa shape index (κ2) is 5.62. The molecule has 0 aliphatic heterocycles. The van der Waals surface area contributed by atoms with E-state index in [-0.39, 0.29) is 5.91 Å². The van der Waals surface area contributed by atoms with Crippen LogP contribution in [0.1, 0.15) is 23.3 Å². The van der Waals surface area contributed by atoms with Gasteiger partial charge in [0.2, 0.25) is 0 Å². The van der Waals surface area contributed by atoms with Crippen molar-refractivity contribution in [3.8, 4) is 12.3 Å². The Labute approximate surface area is 98.0 Å². The predicted octanol–water partition coefficient (Wildman–Crippen LogP) is 1.93. The maximum Gasteiger partial charge on any atom is 0.267 e. The molecular formula is C11H13BrN2O. The van der Waals surface area contributed by atoms with Crippen molar-refractivity contribution in [1.82, 2.24) is 9.88 Å². The molecule has 0 unspecified atom stereocenters. The highest BCUT2D eigenvalue weighted by atomic mass is 79.9. The van der Waals surface area contributed by atoms with Crippen molar-refractivity contribution in [2.75, 3.05) is 6.54 Å². The van der Waals surface area contributed by atoms with Gasteiger partial charge < -0.3 is 9.88 Å². The molecule has 1 aromatic rings. The molecule has 0 saturated carbocycles. The van der Waals surface area contributed by atoms with E-state index in [9.17, 15) is 4.79 Å². The fourth-order valence-electron chi connectivity index (χ4n) is 1.23. The van der Waals surface area contributed by atoms with Crippen LogP contribution in [0.15, 0.2) is 16.7 Å². The Hall–Kier alpha value is -1.21. The van der Waals surface area contributed by atoms with Gasteiger partial charge in [0.15, 0.2) is 0 Å². The summed E-state index contributed by atoms with van der Waals surface area (Å²) in [5.74, 6) is 2.46. The maximum atomic E-state index is 11.6. The zero-order chi connectivity index (χ0) is 11.3. The molecule has 1 aromatic heterocycles. The van der Waals surface area contributed by atoms with Crippen LogP contribution in [0.3, 0.4) is 0 Å². The standard InChI is InChI=1S/C11H13BrN2O/c1-3-4-5-6-13-11(15)10-7-9(12)8-14(10)2/h1,7-8H,4-6H2,2H3,(H,13,15). The molecule has 0 aliphatic carbocycles. The number of unbranched alkanes of at least 4 members (excludes halogenated alkanes) is 1. The summed E-state index contributed by atoms with van der Waals surface area (Å²) in [7, 11) is 1.83. The van der Waals surface area contributed by atoms with Gasteiger partial charge in [-0.25, -0.2) is 0 Å². The summed E-state index contributed by atoms with van der Waals surface area (Å²) in [5, 5.41) is 2.81. The first-order valence-electron chi connectivity index (χ1n) is 4.68. The largest absolute Gasteiger partial charge is 0.351 e. The average Bonchev–Trinajstić information content (AvgIpc) is 2.52. The number of terminal acetylenes is 1. The molecule has 4 heteroatoms. The number of hydrogen-bond donors (Lipinski definition) is 1. The fourth-order valence-corrected chi connectivity index (χ4v) is 1.76. The first-order chi connectivity index (χ1) is 7.15. The smallest absolute Gasteiger partial charge is 0.267 e. The number of hydrogen-bond acceptors (Lipinski definition) is 1. The highest BCUT2D eigenvalue weighted by Gasteiger charge is 2.09. The van der Waals surface area contributed by atoms with E-state index in [2.05, 4.69) is 27.2 Å². The molecule has 1 amide bonds. The number of nitrogens with one attached hydrogen (secondary N) is 1. The van der Waals surface area contributed by atoms with E-state index >= 15 is 0 Å². The topological polar surface area (TPSA) is 34.0 Å². The molecular weight excluding hydrogens is 256 g/mol. The number of aromatic nitrogens is 1. The third-order valence-electron chi connectivity index (χ3n) is 1.99. The van der Waals surface area contributed by atoms with Crippen LogP contribution >= 0.6 is 15.9 Å². The molecule has 15 heavy (non-hydrogen) atoms. The van der Waals surface area contributed by atoms with E-state index in [1.54, 1.807) is 10.6 Å². The quantitative estimate of drug-likeness (QED) is 0.657. The third kappa shape index (κ3) is 3.45. The number of rotatable bonds is 4. The summed E-state index contributed by atoms with van der Waals surface area (Å²) in [6.07, 6.45) is 8.46. The van der Waals surface area contributed by atoms with Gasteiger partial charge in [0.05, 0.1) is 0 Å². The van der Waals surface area contributed by atoms with E-state index in [4.69, 9.17) is 6.42 Å². The summed E-state index contributed by atoms with van der Waals surface area (Å²) in [5.41, 5.74) is 0.641. The predicted molar refractivity (Wildman–Crippen MR) is 63.5 cm³/mol. The van der Waals surface area contributed by atoms with Crippen molar-refractivity contribution < 1.29 is 4.79 Å². The zero-order valence-electron chi connectivity index (χ0n) is 8.59. The molecule has 0 saturated heterocycles. The van der Waals surface area contributed by atoms with Crippen LogP contribution in [0.25, 0.3) is 0 Å². The lowest BCUT2D eigenvalue weighted by Gasteiger charge is -2.04. The van der Waals surface area contributed by atoms with Gasteiger partial charge in [-0.05, 0) is 28.4 Å². The molecule has 0 atom stereocenters. The van der Waals surface area contributed by atoms with Gasteiger partial charge in [-0.3, -0.25) is 4.79 Å². The van der Waals surface area contributed by atoms with E-state index < -0.39 is 0 Å². The first kappa shape index (κ1) is 11.9. The minimum Gasteiger partial charge on any atom is -0.351 e. The fraction of sp³-hybridized carbons (Fsp3) is 0.364. The lowest BCUT2D eigenvalue weighted by atomic mass is 10.3. The molecule has 3 nitrogen and oxygen atoms in total. The molecule has 0 aromatic carbocycles. The number of amides is 1. The number of carbonyl (C=O) groups excluding carboxylic acids is 1. The van der Waals surface area contributed by atoms with Crippen molar-refractivity contribution >= 4 is 21.8 Å². The number of halogens is 1. The average molecular weight is 269 g/mol. The van der Waals surface area contributed by atoms with E-state index in [1.807, 2.05) is 13.2 Å². The summed E-state index contributed by atoms with van der Waals surface area (Å²) >= 11 is 3.32. The molecule has 0 aliphatic rings. The van der Waals surface area contributed by atoms with Crippen LogP contribution in [0.4, 0.5) is 0 Å². The van der Waals surface area contributed by atoms with Crippen LogP contribution in [-0.4, -0.2) is 17.0 Å². The molecule has 1 N–H and O–H groups in total. The first-order valence-corrected chi connectivity index (χ1v) is 5.48. The normalized spacial score (nSPS) is 9.67. The Morgan fingerprint density at radius 3 is 3.00 bits per heavy atom. The highest BCUT2D eigenvalue weighted by Crippen LogP contribution is 2.13.